The van der Waals surface area contributed by atoms with Gasteiger partial charge in [0.1, 0.15) is 0 Å². The molecule has 0 aliphatic carbocycles. The van der Waals surface area contributed by atoms with Crippen LogP contribution in [0.4, 0.5) is 0 Å². The number of hydrogen-bond donors (Lipinski definition) is 0. The van der Waals surface area contributed by atoms with Crippen LogP contribution in [0.5, 0.6) is 0 Å². The molecule has 8 heavy (non-hydrogen) atoms. The van der Waals surface area contributed by atoms with Crippen molar-refractivity contribution < 1.29 is 18.3 Å². The topological polar surface area (TPSA) is 0 Å². The molecule has 0 unspecified atom stereocenters. The van der Waals surface area contributed by atoms with Crippen LogP contribution in [0.25, 0.3) is 0 Å². The number of allylic oxidation sites excluding steroid dienone is 4. The molecule has 0 spiro atoms. The van der Waals surface area contributed by atoms with Gasteiger partial charge in [-0.1, -0.05) is 0 Å². The summed E-state index contributed by atoms with van der Waals surface area (Å²) in [7, 11) is 0. The van der Waals surface area contributed by atoms with Crippen LogP contribution in [0.2, 0.25) is 5.02 Å². The average molecular weight is 198 g/mol. The molecule has 48 valence electrons. The molecule has 0 aliphatic heterocycles. The third-order valence-corrected chi connectivity index (χ3v) is 1.14. The Labute approximate surface area is 61.3 Å². The summed E-state index contributed by atoms with van der Waals surface area (Å²) in [6.07, 6.45) is 9.55. The molecule has 0 radical (unpaired) electrons. The second-order valence-electron chi connectivity index (χ2n) is 1.41. The molecule has 0 fully saturated rings. The minimum atomic E-state index is 1.04. The molecule has 0 N–H and O–H groups in total. The van der Waals surface area contributed by atoms with Gasteiger partial charge in [0.2, 0.25) is 0 Å². The van der Waals surface area contributed by atoms with Gasteiger partial charge in [-0.25, -0.2) is 0 Å². The fourth-order valence-electron chi connectivity index (χ4n) is 0.366. The molecule has 0 amide bonds. The zero-order valence-corrected chi connectivity index (χ0v) is 6.70. The Bertz CT molecular complexity index is 82.4. The van der Waals surface area contributed by atoms with Crippen LogP contribution in [-0.4, -0.2) is 0 Å². The number of hydrogen-bond acceptors (Lipinski definition) is 0. The Morgan fingerprint density at radius 1 is 1.25 bits per heavy atom. The summed E-state index contributed by atoms with van der Waals surface area (Å²) in [6, 6.07) is 0. The van der Waals surface area contributed by atoms with E-state index in [2.05, 4.69) is 42.6 Å². The van der Waals surface area contributed by atoms with E-state index in [9.17, 15) is 0 Å². The zero-order valence-electron chi connectivity index (χ0n) is 5.06. The molecule has 0 bridgehead atoms. The van der Waals surface area contributed by atoms with Crippen molar-refractivity contribution in [1.29, 1.82) is 0 Å². The van der Waals surface area contributed by atoms with E-state index in [4.69, 9.17) is 0 Å². The van der Waals surface area contributed by atoms with Crippen LogP contribution < -0.4 is 0 Å². The van der Waals surface area contributed by atoms with Crippen molar-refractivity contribution in [2.45, 2.75) is 18.4 Å². The molecule has 0 saturated heterocycles. The molecule has 0 heterocycles. The van der Waals surface area contributed by atoms with Gasteiger partial charge >= 0.3 is 61.0 Å². The molecule has 0 nitrogen and oxygen atoms in total. The van der Waals surface area contributed by atoms with Gasteiger partial charge in [0.05, 0.1) is 0 Å². The summed E-state index contributed by atoms with van der Waals surface area (Å²) in [4.78, 5) is 0. The molecule has 1 heteroatoms. The maximum absolute atomic E-state index is 2.82. The zero-order chi connectivity index (χ0) is 6.24. The van der Waals surface area contributed by atoms with Crippen molar-refractivity contribution in [1.82, 2.24) is 0 Å². The standard InChI is InChI=1S/C7H11.Rh/c1-3-5-7-6-4-2;/h3-6H,1,7H2,2H3;. The first-order chi connectivity index (χ1) is 3.91. The predicted octanol–water partition coefficient (Wildman–Crippen LogP) is 2.47. The second-order valence-corrected chi connectivity index (χ2v) is 2.08. The SMILES string of the molecule is CC=CCC=C[CH2][Rh]. The van der Waals surface area contributed by atoms with Crippen molar-refractivity contribution >= 4 is 0 Å². The fraction of sp³-hybridized carbons (Fsp3) is 0.429. The van der Waals surface area contributed by atoms with E-state index < -0.39 is 0 Å². The molecular weight excluding hydrogens is 187 g/mol. The van der Waals surface area contributed by atoms with Crippen LogP contribution in [0.15, 0.2) is 24.3 Å². The first-order valence-electron chi connectivity index (χ1n) is 2.70. The van der Waals surface area contributed by atoms with Gasteiger partial charge in [-0.3, -0.25) is 0 Å². The summed E-state index contributed by atoms with van der Waals surface area (Å²) in [6.45, 7) is 2.03. The summed E-state index contributed by atoms with van der Waals surface area (Å²) in [5, 5.41) is 1.04. The summed E-state index contributed by atoms with van der Waals surface area (Å²) in [5.74, 6) is 0. The Hall–Kier alpha value is 0.103. The molecule has 0 rings (SSSR count). The van der Waals surface area contributed by atoms with Crippen molar-refractivity contribution in [2.24, 2.45) is 0 Å². The van der Waals surface area contributed by atoms with Gasteiger partial charge in [-0.05, 0) is 0 Å². The maximum atomic E-state index is 2.82. The van der Waals surface area contributed by atoms with Gasteiger partial charge in [0.15, 0.2) is 0 Å². The Morgan fingerprint density at radius 3 is 2.50 bits per heavy atom. The predicted molar refractivity (Wildman–Crippen MR) is 33.4 cm³/mol. The van der Waals surface area contributed by atoms with E-state index in [1.54, 1.807) is 0 Å². The van der Waals surface area contributed by atoms with E-state index in [0.717, 1.165) is 11.4 Å². The Kier molecular flexibility index (Phi) is 7.20. The molecule has 0 aliphatic rings. The van der Waals surface area contributed by atoms with Crippen LogP contribution >= 0.6 is 0 Å². The molecule has 0 aromatic carbocycles. The van der Waals surface area contributed by atoms with Crippen molar-refractivity contribution in [3.05, 3.63) is 24.3 Å². The van der Waals surface area contributed by atoms with E-state index in [0.29, 0.717) is 0 Å². The van der Waals surface area contributed by atoms with Gasteiger partial charge < -0.3 is 0 Å². The van der Waals surface area contributed by atoms with Gasteiger partial charge in [0.25, 0.3) is 0 Å². The van der Waals surface area contributed by atoms with E-state index >= 15 is 0 Å². The second kappa shape index (κ2) is 7.10. The number of rotatable bonds is 3. The van der Waals surface area contributed by atoms with Gasteiger partial charge in [-0.2, -0.15) is 0 Å². The quantitative estimate of drug-likeness (QED) is 0.482. The first kappa shape index (κ1) is 8.10. The van der Waals surface area contributed by atoms with Crippen molar-refractivity contribution in [3.63, 3.8) is 0 Å². The first-order valence-corrected chi connectivity index (χ1v) is 3.86. The van der Waals surface area contributed by atoms with Crippen LogP contribution in [-0.2, 0) is 18.3 Å². The van der Waals surface area contributed by atoms with Crippen LogP contribution in [0.3, 0.4) is 0 Å². The van der Waals surface area contributed by atoms with Crippen molar-refractivity contribution in [3.8, 4) is 0 Å². The van der Waals surface area contributed by atoms with Gasteiger partial charge in [-0.15, -0.1) is 0 Å². The van der Waals surface area contributed by atoms with E-state index in [-0.39, 0.29) is 0 Å². The monoisotopic (exact) mass is 198 g/mol. The van der Waals surface area contributed by atoms with Crippen molar-refractivity contribution in [2.75, 3.05) is 0 Å². The van der Waals surface area contributed by atoms with E-state index in [1.165, 1.54) is 0 Å². The van der Waals surface area contributed by atoms with Crippen LogP contribution in [0.1, 0.15) is 13.3 Å². The Balaban J connectivity index is 3.03. The van der Waals surface area contributed by atoms with Crippen LogP contribution in [0, 0.1) is 0 Å². The molecular formula is C7H11Rh. The summed E-state index contributed by atoms with van der Waals surface area (Å²) >= 11 is 2.82. The minimum absolute atomic E-state index is 1.04. The molecule has 0 aromatic heterocycles. The molecule has 0 saturated carbocycles. The molecule has 0 atom stereocenters. The fourth-order valence-corrected chi connectivity index (χ4v) is 0.640. The average Bonchev–Trinajstić information content (AvgIpc) is 1.81. The third kappa shape index (κ3) is 6.10. The van der Waals surface area contributed by atoms with E-state index in [1.807, 2.05) is 6.92 Å². The van der Waals surface area contributed by atoms with Gasteiger partial charge in [0, 0.05) is 0 Å². The summed E-state index contributed by atoms with van der Waals surface area (Å²) < 4.78 is 0. The molecule has 0 aromatic rings. The Morgan fingerprint density at radius 2 is 2.00 bits per heavy atom. The summed E-state index contributed by atoms with van der Waals surface area (Å²) in [5.41, 5.74) is 0. The normalized spacial score (nSPS) is 11.9. The third-order valence-electron chi connectivity index (χ3n) is 0.753.